The number of pyridine rings is 1. The van der Waals surface area contributed by atoms with Crippen molar-refractivity contribution in [3.8, 4) is 29.0 Å². The molecule has 1 atom stereocenters. The summed E-state index contributed by atoms with van der Waals surface area (Å²) in [4.78, 5) is 22.7. The van der Waals surface area contributed by atoms with Gasteiger partial charge in [0.1, 0.15) is 30.3 Å². The van der Waals surface area contributed by atoms with Crippen LogP contribution in [-0.4, -0.2) is 67.3 Å². The summed E-state index contributed by atoms with van der Waals surface area (Å²) in [5.41, 5.74) is 8.18. The van der Waals surface area contributed by atoms with Gasteiger partial charge in [-0.1, -0.05) is 24.3 Å². The zero-order chi connectivity index (χ0) is 34.5. The summed E-state index contributed by atoms with van der Waals surface area (Å²) in [5.74, 6) is 1.37. The summed E-state index contributed by atoms with van der Waals surface area (Å²) < 4.78 is 36.8. The molecular formula is C39H38N4O7. The SMILES string of the molecule is COCCOc1cc(C(=O)OC)cc2c1nc(Cc1ccc3cc1COCCc1cc(C#N)ccc1COc1cccc-3n1)n2C[C@@H]1CCO1. The quantitative estimate of drug-likeness (QED) is 0.140. The second-order valence-corrected chi connectivity index (χ2v) is 12.3. The maximum absolute atomic E-state index is 12.7. The molecule has 4 bridgehead atoms. The molecule has 256 valence electrons. The number of imidazole rings is 1. The molecule has 0 radical (unpaired) electrons. The van der Waals surface area contributed by atoms with E-state index in [0.717, 1.165) is 57.9 Å². The standard InChI is InChI=1S/C39H38N4O7/c1-45-14-15-49-35-19-30(39(44)46-2)18-34-38(35)42-36(43(34)22-32-11-13-48-32)20-26-8-9-28-17-31(26)23-47-12-10-27-16-25(21-40)6-7-29(27)24-50-37-5-3-4-33(28)41-37/h3-9,16-19,32H,10-15,20,22-24H2,1-2H3/t32-/m0/s1. The summed E-state index contributed by atoms with van der Waals surface area (Å²) >= 11 is 0. The minimum absolute atomic E-state index is 0.0412. The molecule has 2 aliphatic heterocycles. The Morgan fingerprint density at radius 1 is 0.980 bits per heavy atom. The first kappa shape index (κ1) is 33.2. The van der Waals surface area contributed by atoms with Gasteiger partial charge in [0.05, 0.1) is 68.0 Å². The molecule has 0 spiro atoms. The minimum Gasteiger partial charge on any atom is -0.489 e. The third-order valence-electron chi connectivity index (χ3n) is 9.10. The fourth-order valence-corrected chi connectivity index (χ4v) is 6.29. The molecule has 1 fully saturated rings. The van der Waals surface area contributed by atoms with Gasteiger partial charge in [-0.25, -0.2) is 14.8 Å². The van der Waals surface area contributed by atoms with E-state index < -0.39 is 5.97 Å². The molecule has 2 aromatic heterocycles. The van der Waals surface area contributed by atoms with Gasteiger partial charge in [0.25, 0.3) is 0 Å². The predicted octanol–water partition coefficient (Wildman–Crippen LogP) is 5.81. The van der Waals surface area contributed by atoms with E-state index in [1.165, 1.54) is 7.11 Å². The number of ether oxygens (including phenoxy) is 6. The van der Waals surface area contributed by atoms with Gasteiger partial charge in [0.15, 0.2) is 0 Å². The normalized spacial score (nSPS) is 15.6. The molecule has 0 unspecified atom stereocenters. The van der Waals surface area contributed by atoms with Gasteiger partial charge in [0.2, 0.25) is 5.88 Å². The Hall–Kier alpha value is -5.28. The molecule has 1 saturated heterocycles. The molecule has 50 heavy (non-hydrogen) atoms. The molecular weight excluding hydrogens is 636 g/mol. The highest BCUT2D eigenvalue weighted by Crippen LogP contribution is 2.33. The number of nitriles is 1. The summed E-state index contributed by atoms with van der Waals surface area (Å²) in [7, 11) is 2.98. The molecule has 0 aliphatic carbocycles. The Kier molecular flexibility index (Phi) is 10.0. The lowest BCUT2D eigenvalue weighted by Crippen LogP contribution is -2.31. The summed E-state index contributed by atoms with van der Waals surface area (Å²) in [6, 6.07) is 23.4. The van der Waals surface area contributed by atoms with Crippen LogP contribution in [0.15, 0.2) is 66.7 Å². The zero-order valence-corrected chi connectivity index (χ0v) is 28.1. The number of methoxy groups -OCH3 is 2. The highest BCUT2D eigenvalue weighted by molar-refractivity contribution is 5.96. The van der Waals surface area contributed by atoms with Gasteiger partial charge in [0, 0.05) is 31.8 Å². The Labute approximate surface area is 290 Å². The van der Waals surface area contributed by atoms with Crippen LogP contribution in [0.1, 0.15) is 50.4 Å². The second-order valence-electron chi connectivity index (χ2n) is 12.3. The highest BCUT2D eigenvalue weighted by Gasteiger charge is 2.25. The number of carbonyl (C=O) groups excluding carboxylic acids is 1. The third-order valence-corrected chi connectivity index (χ3v) is 9.10. The van der Waals surface area contributed by atoms with Crippen LogP contribution in [0.3, 0.4) is 0 Å². The molecule has 2 aliphatic rings. The van der Waals surface area contributed by atoms with Gasteiger partial charge >= 0.3 is 5.97 Å². The predicted molar refractivity (Wildman–Crippen MR) is 184 cm³/mol. The van der Waals surface area contributed by atoms with Gasteiger partial charge in [-0.05, 0) is 71.5 Å². The lowest BCUT2D eigenvalue weighted by atomic mass is 9.99. The van der Waals surface area contributed by atoms with Gasteiger partial charge in [-0.2, -0.15) is 5.26 Å². The fraction of sp³-hybridized carbons (Fsp3) is 0.333. The Bertz CT molecular complexity index is 2060. The van der Waals surface area contributed by atoms with Crippen molar-refractivity contribution in [1.29, 1.82) is 5.26 Å². The number of hydrogen-bond donors (Lipinski definition) is 0. The van der Waals surface area contributed by atoms with Crippen molar-refractivity contribution in [2.45, 2.75) is 45.1 Å². The van der Waals surface area contributed by atoms with E-state index in [1.54, 1.807) is 13.2 Å². The number of esters is 1. The molecule has 3 aromatic carbocycles. The first-order chi connectivity index (χ1) is 24.5. The van der Waals surface area contributed by atoms with Crippen molar-refractivity contribution in [2.75, 3.05) is 40.6 Å². The van der Waals surface area contributed by atoms with Crippen molar-refractivity contribution >= 4 is 17.0 Å². The van der Waals surface area contributed by atoms with E-state index in [2.05, 4.69) is 28.8 Å². The van der Waals surface area contributed by atoms with E-state index in [-0.39, 0.29) is 6.10 Å². The van der Waals surface area contributed by atoms with Crippen molar-refractivity contribution < 1.29 is 33.2 Å². The van der Waals surface area contributed by atoms with Crippen LogP contribution < -0.4 is 9.47 Å². The molecule has 5 aromatic rings. The Balaban J connectivity index is 1.27. The number of hydrogen-bond acceptors (Lipinski definition) is 10. The smallest absolute Gasteiger partial charge is 0.338 e. The number of rotatable bonds is 9. The van der Waals surface area contributed by atoms with Gasteiger partial charge < -0.3 is 33.0 Å². The van der Waals surface area contributed by atoms with Crippen LogP contribution in [0, 0.1) is 11.3 Å². The van der Waals surface area contributed by atoms with Gasteiger partial charge in [-0.3, -0.25) is 0 Å². The third kappa shape index (κ3) is 7.19. The molecule has 0 amide bonds. The second kappa shape index (κ2) is 15.1. The first-order valence-corrected chi connectivity index (χ1v) is 16.7. The van der Waals surface area contributed by atoms with Crippen LogP contribution in [-0.2, 0) is 51.5 Å². The Morgan fingerprint density at radius 2 is 1.88 bits per heavy atom. The average Bonchev–Trinajstić information content (AvgIpc) is 3.47. The van der Waals surface area contributed by atoms with E-state index in [9.17, 15) is 10.1 Å². The van der Waals surface area contributed by atoms with E-state index >= 15 is 0 Å². The largest absolute Gasteiger partial charge is 0.489 e. The maximum Gasteiger partial charge on any atom is 0.338 e. The highest BCUT2D eigenvalue weighted by atomic mass is 16.5. The number of carbonyl (C=O) groups is 1. The van der Waals surface area contributed by atoms with Crippen molar-refractivity contribution in [1.82, 2.24) is 14.5 Å². The van der Waals surface area contributed by atoms with Gasteiger partial charge in [-0.15, -0.1) is 0 Å². The van der Waals surface area contributed by atoms with Crippen molar-refractivity contribution in [3.63, 3.8) is 0 Å². The Morgan fingerprint density at radius 3 is 2.68 bits per heavy atom. The molecule has 11 heteroatoms. The van der Waals surface area contributed by atoms with Crippen LogP contribution in [0.2, 0.25) is 0 Å². The lowest BCUT2D eigenvalue weighted by molar-refractivity contribution is -0.0589. The number of nitrogens with zero attached hydrogens (tertiary/aromatic N) is 4. The van der Waals surface area contributed by atoms with Crippen molar-refractivity contribution in [3.05, 3.63) is 106 Å². The number of fused-ring (bicyclic) bond motifs is 7. The van der Waals surface area contributed by atoms with Crippen LogP contribution in [0.25, 0.3) is 22.3 Å². The molecule has 0 N–H and O–H groups in total. The monoisotopic (exact) mass is 674 g/mol. The van der Waals surface area contributed by atoms with E-state index in [4.69, 9.17) is 38.4 Å². The summed E-state index contributed by atoms with van der Waals surface area (Å²) in [6.07, 6.45) is 2.10. The maximum atomic E-state index is 12.7. The van der Waals surface area contributed by atoms with Crippen LogP contribution in [0.4, 0.5) is 0 Å². The topological polar surface area (TPSA) is 127 Å². The van der Waals surface area contributed by atoms with E-state index in [0.29, 0.717) is 80.7 Å². The summed E-state index contributed by atoms with van der Waals surface area (Å²) in [5, 5.41) is 9.51. The van der Waals surface area contributed by atoms with Crippen LogP contribution >= 0.6 is 0 Å². The molecule has 11 nitrogen and oxygen atoms in total. The fourth-order valence-electron chi connectivity index (χ4n) is 6.29. The summed E-state index contributed by atoms with van der Waals surface area (Å²) in [6.45, 7) is 3.17. The minimum atomic E-state index is -0.457. The van der Waals surface area contributed by atoms with Crippen molar-refractivity contribution in [2.24, 2.45) is 0 Å². The van der Waals surface area contributed by atoms with Crippen LogP contribution in [0.5, 0.6) is 11.6 Å². The average molecular weight is 675 g/mol. The molecule has 7 rings (SSSR count). The van der Waals surface area contributed by atoms with E-state index in [1.807, 2.05) is 42.5 Å². The zero-order valence-electron chi connectivity index (χ0n) is 28.1. The first-order valence-electron chi connectivity index (χ1n) is 16.7. The molecule has 4 heterocycles. The number of benzene rings is 3. The molecule has 0 saturated carbocycles. The lowest BCUT2D eigenvalue weighted by Gasteiger charge is -2.27. The number of aromatic nitrogens is 3.